The van der Waals surface area contributed by atoms with Crippen LogP contribution in [0.4, 0.5) is 5.69 Å². The van der Waals surface area contributed by atoms with Crippen molar-refractivity contribution in [3.05, 3.63) is 60.2 Å². The number of hydrogen-bond acceptors (Lipinski definition) is 3. The summed E-state index contributed by atoms with van der Waals surface area (Å²) in [7, 11) is 0. The summed E-state index contributed by atoms with van der Waals surface area (Å²) >= 11 is 0. The first-order valence-corrected chi connectivity index (χ1v) is 8.56. The van der Waals surface area contributed by atoms with Gasteiger partial charge in [-0.05, 0) is 42.7 Å². The normalized spacial score (nSPS) is 13.8. The van der Waals surface area contributed by atoms with Crippen LogP contribution in [0.1, 0.15) is 18.4 Å². The first-order valence-electron chi connectivity index (χ1n) is 8.56. The van der Waals surface area contributed by atoms with Crippen LogP contribution in [-0.2, 0) is 16.0 Å². The molecule has 5 heteroatoms. The lowest BCUT2D eigenvalue weighted by atomic mass is 10.1. The second-order valence-electron chi connectivity index (χ2n) is 6.02. The van der Waals surface area contributed by atoms with E-state index >= 15 is 0 Å². The molecule has 1 heterocycles. The Balaban J connectivity index is 1.40. The van der Waals surface area contributed by atoms with Gasteiger partial charge in [-0.15, -0.1) is 0 Å². The fourth-order valence-corrected chi connectivity index (χ4v) is 2.83. The predicted molar refractivity (Wildman–Crippen MR) is 96.7 cm³/mol. The number of benzene rings is 2. The van der Waals surface area contributed by atoms with Gasteiger partial charge in [0.25, 0.3) is 5.91 Å². The van der Waals surface area contributed by atoms with Crippen LogP contribution in [-0.4, -0.2) is 31.5 Å². The van der Waals surface area contributed by atoms with Crippen LogP contribution in [0.25, 0.3) is 0 Å². The van der Waals surface area contributed by atoms with E-state index in [4.69, 9.17) is 4.74 Å². The Hall–Kier alpha value is -2.82. The smallest absolute Gasteiger partial charge is 0.257 e. The summed E-state index contributed by atoms with van der Waals surface area (Å²) in [6.45, 7) is 1.34. The molecule has 1 fully saturated rings. The fraction of sp³-hybridized carbons (Fsp3) is 0.300. The Morgan fingerprint density at radius 3 is 2.52 bits per heavy atom. The SMILES string of the molecule is O=C(COc1ccc(N2CCCC2=O)cc1)NCCc1ccccc1. The highest BCUT2D eigenvalue weighted by Crippen LogP contribution is 2.23. The summed E-state index contributed by atoms with van der Waals surface area (Å²) in [5.74, 6) is 0.634. The van der Waals surface area contributed by atoms with Gasteiger partial charge >= 0.3 is 0 Å². The van der Waals surface area contributed by atoms with Crippen LogP contribution in [0.3, 0.4) is 0 Å². The minimum absolute atomic E-state index is 0.0171. The van der Waals surface area contributed by atoms with Crippen molar-refractivity contribution in [1.29, 1.82) is 0 Å². The molecule has 2 aromatic carbocycles. The van der Waals surface area contributed by atoms with E-state index in [0.29, 0.717) is 18.7 Å². The van der Waals surface area contributed by atoms with Gasteiger partial charge < -0.3 is 15.0 Å². The van der Waals surface area contributed by atoms with Crippen molar-refractivity contribution in [2.24, 2.45) is 0 Å². The minimum atomic E-state index is -0.144. The molecule has 2 amide bonds. The molecule has 5 nitrogen and oxygen atoms in total. The van der Waals surface area contributed by atoms with Crippen LogP contribution in [0, 0.1) is 0 Å². The molecule has 0 aliphatic carbocycles. The molecule has 0 spiro atoms. The Bertz CT molecular complexity index is 713. The van der Waals surface area contributed by atoms with E-state index in [9.17, 15) is 9.59 Å². The molecular formula is C20H22N2O3. The van der Waals surface area contributed by atoms with E-state index in [-0.39, 0.29) is 18.4 Å². The van der Waals surface area contributed by atoms with E-state index in [1.165, 1.54) is 5.56 Å². The monoisotopic (exact) mass is 338 g/mol. The quantitative estimate of drug-likeness (QED) is 0.844. The third-order valence-corrected chi connectivity index (χ3v) is 4.17. The number of nitrogens with one attached hydrogen (secondary N) is 1. The Morgan fingerprint density at radius 1 is 1.08 bits per heavy atom. The molecule has 1 aliphatic rings. The van der Waals surface area contributed by atoms with Gasteiger partial charge in [0, 0.05) is 25.2 Å². The molecule has 130 valence electrons. The van der Waals surface area contributed by atoms with E-state index in [1.807, 2.05) is 42.5 Å². The lowest BCUT2D eigenvalue weighted by molar-refractivity contribution is -0.123. The van der Waals surface area contributed by atoms with Crippen LogP contribution in [0.5, 0.6) is 5.75 Å². The Morgan fingerprint density at radius 2 is 1.84 bits per heavy atom. The number of anilines is 1. The van der Waals surface area contributed by atoms with E-state index in [1.54, 1.807) is 17.0 Å². The number of rotatable bonds is 7. The van der Waals surface area contributed by atoms with Crippen molar-refractivity contribution < 1.29 is 14.3 Å². The maximum absolute atomic E-state index is 11.8. The molecule has 0 aromatic heterocycles. The highest BCUT2D eigenvalue weighted by atomic mass is 16.5. The summed E-state index contributed by atoms with van der Waals surface area (Å²) in [6.07, 6.45) is 2.31. The molecule has 1 saturated heterocycles. The van der Waals surface area contributed by atoms with Crippen molar-refractivity contribution in [3.63, 3.8) is 0 Å². The first kappa shape index (κ1) is 17.0. The molecule has 3 rings (SSSR count). The molecule has 0 saturated carbocycles. The van der Waals surface area contributed by atoms with Crippen LogP contribution < -0.4 is 15.0 Å². The van der Waals surface area contributed by atoms with E-state index in [2.05, 4.69) is 5.32 Å². The zero-order valence-electron chi connectivity index (χ0n) is 14.1. The molecule has 2 aromatic rings. The number of hydrogen-bond donors (Lipinski definition) is 1. The predicted octanol–water partition coefficient (Wildman–Crippen LogP) is 2.55. The number of carbonyl (C=O) groups excluding carboxylic acids is 2. The van der Waals surface area contributed by atoms with Gasteiger partial charge in [0.05, 0.1) is 0 Å². The lowest BCUT2D eigenvalue weighted by Gasteiger charge is -2.16. The molecule has 25 heavy (non-hydrogen) atoms. The van der Waals surface area contributed by atoms with Crippen LogP contribution >= 0.6 is 0 Å². The molecule has 1 aliphatic heterocycles. The van der Waals surface area contributed by atoms with E-state index < -0.39 is 0 Å². The van der Waals surface area contributed by atoms with E-state index in [0.717, 1.165) is 25.1 Å². The van der Waals surface area contributed by atoms with Crippen molar-refractivity contribution in [1.82, 2.24) is 5.32 Å². The van der Waals surface area contributed by atoms with Gasteiger partial charge in [-0.3, -0.25) is 9.59 Å². The molecule has 0 atom stereocenters. The molecule has 0 bridgehead atoms. The number of nitrogens with zero attached hydrogens (tertiary/aromatic N) is 1. The topological polar surface area (TPSA) is 58.6 Å². The van der Waals surface area contributed by atoms with Gasteiger partial charge in [0.1, 0.15) is 5.75 Å². The van der Waals surface area contributed by atoms with Crippen molar-refractivity contribution in [3.8, 4) is 5.75 Å². The van der Waals surface area contributed by atoms with Gasteiger partial charge in [0.2, 0.25) is 5.91 Å². The van der Waals surface area contributed by atoms with Crippen LogP contribution in [0.15, 0.2) is 54.6 Å². The van der Waals surface area contributed by atoms with Crippen molar-refractivity contribution in [2.75, 3.05) is 24.6 Å². The summed E-state index contributed by atoms with van der Waals surface area (Å²) in [5.41, 5.74) is 2.07. The first-order chi connectivity index (χ1) is 12.2. The minimum Gasteiger partial charge on any atom is -0.484 e. The third kappa shape index (κ3) is 4.83. The van der Waals surface area contributed by atoms with Gasteiger partial charge in [-0.2, -0.15) is 0 Å². The third-order valence-electron chi connectivity index (χ3n) is 4.17. The number of ether oxygens (including phenoxy) is 1. The number of carbonyl (C=O) groups is 2. The largest absolute Gasteiger partial charge is 0.484 e. The lowest BCUT2D eigenvalue weighted by Crippen LogP contribution is -2.30. The maximum Gasteiger partial charge on any atom is 0.257 e. The molecule has 0 unspecified atom stereocenters. The van der Waals surface area contributed by atoms with Gasteiger partial charge in [-0.25, -0.2) is 0 Å². The van der Waals surface area contributed by atoms with Crippen LogP contribution in [0.2, 0.25) is 0 Å². The zero-order chi connectivity index (χ0) is 17.5. The summed E-state index contributed by atoms with van der Waals surface area (Å²) in [4.78, 5) is 25.3. The fourth-order valence-electron chi connectivity index (χ4n) is 2.83. The van der Waals surface area contributed by atoms with Gasteiger partial charge in [0.15, 0.2) is 6.61 Å². The summed E-state index contributed by atoms with van der Waals surface area (Å²) < 4.78 is 5.50. The van der Waals surface area contributed by atoms with Crippen molar-refractivity contribution in [2.45, 2.75) is 19.3 Å². The van der Waals surface area contributed by atoms with Gasteiger partial charge in [-0.1, -0.05) is 30.3 Å². The Kier molecular flexibility index (Phi) is 5.67. The molecular weight excluding hydrogens is 316 g/mol. The molecule has 0 radical (unpaired) electrons. The second-order valence-corrected chi connectivity index (χ2v) is 6.02. The summed E-state index contributed by atoms with van der Waals surface area (Å²) in [6, 6.07) is 17.3. The average molecular weight is 338 g/mol. The number of amides is 2. The maximum atomic E-state index is 11.8. The highest BCUT2D eigenvalue weighted by Gasteiger charge is 2.21. The second kappa shape index (κ2) is 8.33. The molecule has 1 N–H and O–H groups in total. The summed E-state index contributed by atoms with van der Waals surface area (Å²) in [5, 5.41) is 2.85. The van der Waals surface area contributed by atoms with Crippen molar-refractivity contribution >= 4 is 17.5 Å². The standard InChI is InChI=1S/C20H22N2O3/c23-19(21-13-12-16-5-2-1-3-6-16)15-25-18-10-8-17(9-11-18)22-14-4-7-20(22)24/h1-3,5-6,8-11H,4,7,12-15H2,(H,21,23). The zero-order valence-corrected chi connectivity index (χ0v) is 14.1. The highest BCUT2D eigenvalue weighted by molar-refractivity contribution is 5.95. The Labute approximate surface area is 147 Å². The average Bonchev–Trinajstić information content (AvgIpc) is 3.07.